The maximum absolute atomic E-state index is 13.1. The lowest BCUT2D eigenvalue weighted by molar-refractivity contribution is 0.152. The molecule has 2 unspecified atom stereocenters. The molecular formula is C19H22FNO. The van der Waals surface area contributed by atoms with Crippen molar-refractivity contribution < 1.29 is 9.13 Å². The second kappa shape index (κ2) is 6.93. The van der Waals surface area contributed by atoms with Crippen molar-refractivity contribution in [2.75, 3.05) is 13.6 Å². The van der Waals surface area contributed by atoms with Crippen molar-refractivity contribution in [2.24, 2.45) is 0 Å². The van der Waals surface area contributed by atoms with Gasteiger partial charge in [-0.05, 0) is 56.3 Å². The second-order valence-corrected chi connectivity index (χ2v) is 5.98. The summed E-state index contributed by atoms with van der Waals surface area (Å²) in [5, 5.41) is 0. The molecule has 2 aromatic rings. The van der Waals surface area contributed by atoms with E-state index in [9.17, 15) is 4.39 Å². The van der Waals surface area contributed by atoms with Crippen LogP contribution < -0.4 is 4.74 Å². The van der Waals surface area contributed by atoms with Gasteiger partial charge in [0.15, 0.2) is 0 Å². The fraction of sp³-hybridized carbons (Fsp3) is 0.368. The summed E-state index contributed by atoms with van der Waals surface area (Å²) >= 11 is 0. The molecule has 1 aliphatic heterocycles. The molecular weight excluding hydrogens is 277 g/mol. The van der Waals surface area contributed by atoms with E-state index in [1.807, 2.05) is 18.2 Å². The molecule has 2 aromatic carbocycles. The first-order chi connectivity index (χ1) is 10.7. The minimum Gasteiger partial charge on any atom is -0.486 e. The standard InChI is InChI=1S/C19H22FNO/c1-21-13-5-8-17(21)14-19(15-6-3-2-4-7-15)22-18-11-9-16(20)10-12-18/h2-4,6-7,9-12,17,19H,5,8,13-14H2,1H3. The zero-order chi connectivity index (χ0) is 15.4. The van der Waals surface area contributed by atoms with Gasteiger partial charge in [0.05, 0.1) is 0 Å². The topological polar surface area (TPSA) is 12.5 Å². The molecule has 22 heavy (non-hydrogen) atoms. The number of rotatable bonds is 5. The molecule has 1 saturated heterocycles. The molecule has 2 atom stereocenters. The molecule has 0 spiro atoms. The first-order valence-electron chi connectivity index (χ1n) is 7.90. The monoisotopic (exact) mass is 299 g/mol. The van der Waals surface area contributed by atoms with Gasteiger partial charge in [0.2, 0.25) is 0 Å². The van der Waals surface area contributed by atoms with Crippen LogP contribution in [0.15, 0.2) is 54.6 Å². The summed E-state index contributed by atoms with van der Waals surface area (Å²) < 4.78 is 19.2. The Morgan fingerprint density at radius 2 is 1.86 bits per heavy atom. The summed E-state index contributed by atoms with van der Waals surface area (Å²) in [5.41, 5.74) is 1.17. The Bertz CT molecular complexity index is 584. The van der Waals surface area contributed by atoms with Crippen LogP contribution in [0.2, 0.25) is 0 Å². The van der Waals surface area contributed by atoms with Crippen molar-refractivity contribution in [3.8, 4) is 5.75 Å². The van der Waals surface area contributed by atoms with Crippen LogP contribution in [0.4, 0.5) is 4.39 Å². The van der Waals surface area contributed by atoms with Crippen LogP contribution in [0.5, 0.6) is 5.75 Å². The lowest BCUT2D eigenvalue weighted by atomic mass is 10.0. The number of halogens is 1. The van der Waals surface area contributed by atoms with Crippen molar-refractivity contribution in [1.29, 1.82) is 0 Å². The van der Waals surface area contributed by atoms with Gasteiger partial charge in [-0.1, -0.05) is 30.3 Å². The summed E-state index contributed by atoms with van der Waals surface area (Å²) in [6, 6.07) is 17.1. The quantitative estimate of drug-likeness (QED) is 0.810. The number of hydrogen-bond acceptors (Lipinski definition) is 2. The van der Waals surface area contributed by atoms with E-state index < -0.39 is 0 Å². The van der Waals surface area contributed by atoms with Crippen LogP contribution in [-0.2, 0) is 0 Å². The van der Waals surface area contributed by atoms with Crippen LogP contribution in [-0.4, -0.2) is 24.5 Å². The molecule has 116 valence electrons. The molecule has 0 bridgehead atoms. The van der Waals surface area contributed by atoms with Crippen LogP contribution in [0.25, 0.3) is 0 Å². The molecule has 3 rings (SSSR count). The fourth-order valence-corrected chi connectivity index (χ4v) is 3.12. The smallest absolute Gasteiger partial charge is 0.125 e. The molecule has 1 heterocycles. The van der Waals surface area contributed by atoms with Crippen molar-refractivity contribution >= 4 is 0 Å². The molecule has 0 aliphatic carbocycles. The highest BCUT2D eigenvalue weighted by molar-refractivity contribution is 5.25. The van der Waals surface area contributed by atoms with Crippen molar-refractivity contribution in [2.45, 2.75) is 31.4 Å². The van der Waals surface area contributed by atoms with Crippen LogP contribution in [0.1, 0.15) is 30.9 Å². The molecule has 1 aliphatic rings. The average Bonchev–Trinajstić information content (AvgIpc) is 2.95. The third-order valence-electron chi connectivity index (χ3n) is 4.42. The summed E-state index contributed by atoms with van der Waals surface area (Å²) in [6.07, 6.45) is 3.42. The van der Waals surface area contributed by atoms with E-state index in [0.29, 0.717) is 6.04 Å². The van der Waals surface area contributed by atoms with Crippen LogP contribution in [0, 0.1) is 5.82 Å². The van der Waals surface area contributed by atoms with Crippen molar-refractivity contribution in [1.82, 2.24) is 4.90 Å². The minimum absolute atomic E-state index is 0.00258. The summed E-state index contributed by atoms with van der Waals surface area (Å²) in [5.74, 6) is 0.482. The third kappa shape index (κ3) is 3.66. The van der Waals surface area contributed by atoms with Crippen molar-refractivity contribution in [3.05, 3.63) is 66.0 Å². The Balaban J connectivity index is 1.78. The Morgan fingerprint density at radius 1 is 1.14 bits per heavy atom. The van der Waals surface area contributed by atoms with Gasteiger partial charge in [0.1, 0.15) is 17.7 Å². The molecule has 3 heteroatoms. The maximum Gasteiger partial charge on any atom is 0.125 e. The predicted molar refractivity (Wildman–Crippen MR) is 86.5 cm³/mol. The summed E-state index contributed by atoms with van der Waals surface area (Å²) in [6.45, 7) is 1.16. The highest BCUT2D eigenvalue weighted by Gasteiger charge is 2.26. The van der Waals surface area contributed by atoms with Gasteiger partial charge >= 0.3 is 0 Å². The first kappa shape index (κ1) is 15.0. The third-order valence-corrected chi connectivity index (χ3v) is 4.42. The Kier molecular flexibility index (Phi) is 4.74. The SMILES string of the molecule is CN1CCCC1CC(Oc1ccc(F)cc1)c1ccccc1. The second-order valence-electron chi connectivity index (χ2n) is 5.98. The molecule has 0 amide bonds. The normalized spacial score (nSPS) is 20.0. The van der Waals surface area contributed by atoms with Gasteiger partial charge in [-0.3, -0.25) is 0 Å². The number of likely N-dealkylation sites (tertiary alicyclic amines) is 1. The predicted octanol–water partition coefficient (Wildman–Crippen LogP) is 4.43. The Hall–Kier alpha value is -1.87. The van der Waals surface area contributed by atoms with E-state index in [2.05, 4.69) is 24.1 Å². The Labute approximate surface area is 131 Å². The molecule has 0 saturated carbocycles. The van der Waals surface area contributed by atoms with Gasteiger partial charge in [-0.25, -0.2) is 4.39 Å². The lowest BCUT2D eigenvalue weighted by Gasteiger charge is -2.26. The van der Waals surface area contributed by atoms with E-state index in [-0.39, 0.29) is 11.9 Å². The van der Waals surface area contributed by atoms with Crippen LogP contribution in [0.3, 0.4) is 0 Å². The first-order valence-corrected chi connectivity index (χ1v) is 7.90. The zero-order valence-corrected chi connectivity index (χ0v) is 12.9. The highest BCUT2D eigenvalue weighted by atomic mass is 19.1. The summed E-state index contributed by atoms with van der Waals surface area (Å²) in [4.78, 5) is 2.41. The Morgan fingerprint density at radius 3 is 2.50 bits per heavy atom. The fourth-order valence-electron chi connectivity index (χ4n) is 3.12. The molecule has 1 fully saturated rings. The van der Waals surface area contributed by atoms with Gasteiger partial charge < -0.3 is 9.64 Å². The van der Waals surface area contributed by atoms with E-state index in [4.69, 9.17) is 4.74 Å². The van der Waals surface area contributed by atoms with E-state index >= 15 is 0 Å². The minimum atomic E-state index is -0.237. The maximum atomic E-state index is 13.1. The van der Waals surface area contributed by atoms with Crippen molar-refractivity contribution in [3.63, 3.8) is 0 Å². The highest BCUT2D eigenvalue weighted by Crippen LogP contribution is 2.30. The number of hydrogen-bond donors (Lipinski definition) is 0. The van der Waals surface area contributed by atoms with E-state index in [1.165, 1.54) is 30.5 Å². The van der Waals surface area contributed by atoms with Gasteiger partial charge in [-0.2, -0.15) is 0 Å². The number of nitrogens with zero attached hydrogens (tertiary/aromatic N) is 1. The van der Waals surface area contributed by atoms with Gasteiger partial charge in [-0.15, -0.1) is 0 Å². The molecule has 0 radical (unpaired) electrons. The lowest BCUT2D eigenvalue weighted by Crippen LogP contribution is -2.28. The van der Waals surface area contributed by atoms with Crippen LogP contribution >= 0.6 is 0 Å². The van der Waals surface area contributed by atoms with Gasteiger partial charge in [0.25, 0.3) is 0 Å². The van der Waals surface area contributed by atoms with Gasteiger partial charge in [0, 0.05) is 12.5 Å². The molecule has 2 nitrogen and oxygen atoms in total. The zero-order valence-electron chi connectivity index (χ0n) is 12.9. The molecule has 0 N–H and O–H groups in total. The average molecular weight is 299 g/mol. The number of benzene rings is 2. The summed E-state index contributed by atoms with van der Waals surface area (Å²) in [7, 11) is 2.18. The largest absolute Gasteiger partial charge is 0.486 e. The van der Waals surface area contributed by atoms with E-state index in [1.54, 1.807) is 12.1 Å². The number of ether oxygens (including phenoxy) is 1. The molecule has 0 aromatic heterocycles. The van der Waals surface area contributed by atoms with E-state index in [0.717, 1.165) is 18.7 Å².